The third-order valence-corrected chi connectivity index (χ3v) is 6.09. The monoisotopic (exact) mass is 512 g/mol. The summed E-state index contributed by atoms with van der Waals surface area (Å²) in [6.45, 7) is 1.74. The Kier molecular flexibility index (Phi) is 7.07. The minimum atomic E-state index is -5.02. The van der Waals surface area contributed by atoms with Gasteiger partial charge in [0.05, 0.1) is 17.9 Å². The summed E-state index contributed by atoms with van der Waals surface area (Å²) in [6, 6.07) is 18.8. The number of halogens is 3. The SMILES string of the molecule is CCOC(=O)c1sc(NC(=O)c2c(-c3ccccc3)ccc(O)c2C(F)(F)F)nc1-c1ccccc1. The number of benzene rings is 3. The van der Waals surface area contributed by atoms with Crippen LogP contribution in [-0.2, 0) is 10.9 Å². The number of rotatable bonds is 6. The van der Waals surface area contributed by atoms with E-state index in [9.17, 15) is 27.9 Å². The number of hydrogen-bond acceptors (Lipinski definition) is 6. The highest BCUT2D eigenvalue weighted by Crippen LogP contribution is 2.43. The number of amides is 1. The fourth-order valence-corrected chi connectivity index (χ4v) is 4.51. The molecule has 184 valence electrons. The fraction of sp³-hybridized carbons (Fsp3) is 0.115. The van der Waals surface area contributed by atoms with E-state index in [-0.39, 0.29) is 27.9 Å². The zero-order chi connectivity index (χ0) is 25.9. The standard InChI is InChI=1S/C26H19F3N2O4S/c1-2-35-24(34)22-21(16-11-7-4-8-12-16)30-25(36-22)31-23(33)19-17(15-9-5-3-6-10-15)13-14-18(32)20(19)26(27,28)29/h3-14,32H,2H2,1H3,(H,30,31,33). The number of anilines is 1. The first-order chi connectivity index (χ1) is 17.2. The Morgan fingerprint density at radius 2 is 1.58 bits per heavy atom. The molecule has 1 heterocycles. The highest BCUT2D eigenvalue weighted by molar-refractivity contribution is 7.18. The number of aromatic nitrogens is 1. The zero-order valence-electron chi connectivity index (χ0n) is 18.8. The maximum absolute atomic E-state index is 14.0. The lowest BCUT2D eigenvalue weighted by Gasteiger charge is -2.18. The Labute approximate surface area is 208 Å². The minimum absolute atomic E-state index is 0.0244. The first-order valence-electron chi connectivity index (χ1n) is 10.7. The van der Waals surface area contributed by atoms with Crippen LogP contribution in [0.5, 0.6) is 5.75 Å². The number of alkyl halides is 3. The molecule has 36 heavy (non-hydrogen) atoms. The Balaban J connectivity index is 1.82. The summed E-state index contributed by atoms with van der Waals surface area (Å²) in [4.78, 5) is 30.2. The lowest BCUT2D eigenvalue weighted by Crippen LogP contribution is -2.20. The quantitative estimate of drug-likeness (QED) is 0.283. The lowest BCUT2D eigenvalue weighted by molar-refractivity contribution is -0.139. The predicted octanol–water partition coefficient (Wildman–Crippen LogP) is 6.63. The second-order valence-electron chi connectivity index (χ2n) is 7.48. The van der Waals surface area contributed by atoms with E-state index in [1.54, 1.807) is 67.6 Å². The van der Waals surface area contributed by atoms with Crippen molar-refractivity contribution in [3.63, 3.8) is 0 Å². The molecule has 0 fully saturated rings. The maximum Gasteiger partial charge on any atom is 0.420 e. The smallest absolute Gasteiger partial charge is 0.420 e. The topological polar surface area (TPSA) is 88.5 Å². The van der Waals surface area contributed by atoms with E-state index in [0.29, 0.717) is 11.1 Å². The van der Waals surface area contributed by atoms with Crippen molar-refractivity contribution in [1.82, 2.24) is 4.98 Å². The van der Waals surface area contributed by atoms with Gasteiger partial charge in [-0.1, -0.05) is 72.0 Å². The minimum Gasteiger partial charge on any atom is -0.507 e. The number of esters is 1. The number of thiazole rings is 1. The maximum atomic E-state index is 14.0. The number of nitrogens with zero attached hydrogens (tertiary/aromatic N) is 1. The molecule has 0 aliphatic rings. The van der Waals surface area contributed by atoms with E-state index in [1.807, 2.05) is 0 Å². The number of aromatic hydroxyl groups is 1. The van der Waals surface area contributed by atoms with Gasteiger partial charge in [0.2, 0.25) is 0 Å². The van der Waals surface area contributed by atoms with E-state index in [1.165, 1.54) is 6.07 Å². The van der Waals surface area contributed by atoms with Crippen LogP contribution in [0, 0.1) is 0 Å². The van der Waals surface area contributed by atoms with E-state index < -0.39 is 34.9 Å². The summed E-state index contributed by atoms with van der Waals surface area (Å²) in [5.74, 6) is -2.89. The predicted molar refractivity (Wildman–Crippen MR) is 130 cm³/mol. The van der Waals surface area contributed by atoms with Gasteiger partial charge in [-0.2, -0.15) is 13.2 Å². The Morgan fingerprint density at radius 1 is 0.972 bits per heavy atom. The van der Waals surface area contributed by atoms with Gasteiger partial charge >= 0.3 is 12.1 Å². The van der Waals surface area contributed by atoms with E-state index in [0.717, 1.165) is 17.4 Å². The summed E-state index contributed by atoms with van der Waals surface area (Å²) in [5, 5.41) is 12.4. The van der Waals surface area contributed by atoms with Crippen LogP contribution in [0.2, 0.25) is 0 Å². The van der Waals surface area contributed by atoms with Crippen molar-refractivity contribution in [3.05, 3.63) is 88.8 Å². The van der Waals surface area contributed by atoms with Gasteiger partial charge in [-0.15, -0.1) is 0 Å². The van der Waals surface area contributed by atoms with Gasteiger partial charge in [-0.25, -0.2) is 9.78 Å². The lowest BCUT2D eigenvalue weighted by atomic mass is 9.93. The highest BCUT2D eigenvalue weighted by atomic mass is 32.1. The third kappa shape index (κ3) is 5.08. The van der Waals surface area contributed by atoms with Gasteiger partial charge in [0, 0.05) is 5.56 Å². The van der Waals surface area contributed by atoms with Crippen molar-refractivity contribution in [2.45, 2.75) is 13.1 Å². The molecule has 0 atom stereocenters. The van der Waals surface area contributed by atoms with Crippen LogP contribution < -0.4 is 5.32 Å². The van der Waals surface area contributed by atoms with Crippen LogP contribution in [0.4, 0.5) is 18.3 Å². The molecule has 2 N–H and O–H groups in total. The molecule has 1 aromatic heterocycles. The number of ether oxygens (including phenoxy) is 1. The Hall–Kier alpha value is -4.18. The third-order valence-electron chi connectivity index (χ3n) is 5.13. The first kappa shape index (κ1) is 24.9. The second-order valence-corrected chi connectivity index (χ2v) is 8.48. The number of phenolic OH excluding ortho intramolecular Hbond substituents is 1. The van der Waals surface area contributed by atoms with Crippen LogP contribution in [-0.4, -0.2) is 28.6 Å². The summed E-state index contributed by atoms with van der Waals surface area (Å²) >= 11 is 0.783. The molecule has 3 aromatic carbocycles. The van der Waals surface area contributed by atoms with Crippen LogP contribution in [0.25, 0.3) is 22.4 Å². The van der Waals surface area contributed by atoms with Crippen molar-refractivity contribution in [2.75, 3.05) is 11.9 Å². The van der Waals surface area contributed by atoms with Gasteiger partial charge in [0.25, 0.3) is 5.91 Å². The van der Waals surface area contributed by atoms with Crippen molar-refractivity contribution in [1.29, 1.82) is 0 Å². The molecule has 0 unspecified atom stereocenters. The number of nitrogens with one attached hydrogen (secondary N) is 1. The van der Waals surface area contributed by atoms with Gasteiger partial charge < -0.3 is 9.84 Å². The molecule has 4 aromatic rings. The van der Waals surface area contributed by atoms with Gasteiger partial charge in [0.1, 0.15) is 16.2 Å². The molecule has 0 saturated carbocycles. The number of carbonyl (C=O) groups excluding carboxylic acids is 2. The van der Waals surface area contributed by atoms with Crippen molar-refractivity contribution in [3.8, 4) is 28.1 Å². The average Bonchev–Trinajstić information content (AvgIpc) is 3.28. The Morgan fingerprint density at radius 3 is 2.17 bits per heavy atom. The molecule has 6 nitrogen and oxygen atoms in total. The normalized spacial score (nSPS) is 11.2. The molecule has 0 spiro atoms. The molecule has 0 aliphatic heterocycles. The van der Waals surface area contributed by atoms with Crippen LogP contribution >= 0.6 is 11.3 Å². The molecule has 10 heteroatoms. The van der Waals surface area contributed by atoms with Crippen LogP contribution in [0.15, 0.2) is 72.8 Å². The van der Waals surface area contributed by atoms with Crippen LogP contribution in [0.3, 0.4) is 0 Å². The summed E-state index contributed by atoms with van der Waals surface area (Å²) < 4.78 is 47.0. The van der Waals surface area contributed by atoms with E-state index >= 15 is 0 Å². The highest BCUT2D eigenvalue weighted by Gasteiger charge is 2.40. The molecule has 0 saturated heterocycles. The van der Waals surface area contributed by atoms with Crippen LogP contribution in [0.1, 0.15) is 32.5 Å². The number of hydrogen-bond donors (Lipinski definition) is 2. The van der Waals surface area contributed by atoms with Gasteiger partial charge in [0.15, 0.2) is 5.13 Å². The molecule has 1 amide bonds. The molecular formula is C26H19F3N2O4S. The van der Waals surface area contributed by atoms with Crippen molar-refractivity contribution >= 4 is 28.3 Å². The van der Waals surface area contributed by atoms with Gasteiger partial charge in [-0.05, 0) is 30.2 Å². The fourth-order valence-electron chi connectivity index (χ4n) is 3.63. The largest absolute Gasteiger partial charge is 0.507 e. The molecular weight excluding hydrogens is 493 g/mol. The summed E-state index contributed by atoms with van der Waals surface area (Å²) in [7, 11) is 0. The summed E-state index contributed by atoms with van der Waals surface area (Å²) in [5.41, 5.74) is -1.11. The molecule has 0 radical (unpaired) electrons. The number of carbonyl (C=O) groups is 2. The molecule has 0 aliphatic carbocycles. The Bertz CT molecular complexity index is 1400. The summed E-state index contributed by atoms with van der Waals surface area (Å²) in [6.07, 6.45) is -5.02. The first-order valence-corrected chi connectivity index (χ1v) is 11.6. The molecule has 4 rings (SSSR count). The zero-order valence-corrected chi connectivity index (χ0v) is 19.6. The van der Waals surface area contributed by atoms with E-state index in [4.69, 9.17) is 4.74 Å². The van der Waals surface area contributed by atoms with E-state index in [2.05, 4.69) is 10.3 Å². The number of phenols is 1. The molecule has 0 bridgehead atoms. The second kappa shape index (κ2) is 10.2. The van der Waals surface area contributed by atoms with Crippen molar-refractivity contribution < 1.29 is 32.6 Å². The average molecular weight is 513 g/mol. The van der Waals surface area contributed by atoms with Crippen molar-refractivity contribution in [2.24, 2.45) is 0 Å². The van der Waals surface area contributed by atoms with Gasteiger partial charge in [-0.3, -0.25) is 10.1 Å².